The van der Waals surface area contributed by atoms with Gasteiger partial charge >= 0.3 is 5.97 Å². The Morgan fingerprint density at radius 2 is 1.75 bits per heavy atom. The Hall–Kier alpha value is -3.65. The van der Waals surface area contributed by atoms with Crippen LogP contribution in [0, 0.1) is 6.92 Å². The van der Waals surface area contributed by atoms with Crippen LogP contribution in [0.4, 0.5) is 0 Å². The molecule has 1 aliphatic rings. The molecule has 2 heterocycles. The fraction of sp³-hybridized carbons (Fsp3) is 0.194. The molecule has 5 rings (SSSR count). The van der Waals surface area contributed by atoms with Crippen molar-refractivity contribution in [2.45, 2.75) is 32.9 Å². The summed E-state index contributed by atoms with van der Waals surface area (Å²) < 4.78 is 13.0. The van der Waals surface area contributed by atoms with Gasteiger partial charge in [-0.05, 0) is 48.2 Å². The number of carbonyl (C=O) groups is 1. The second kappa shape index (κ2) is 11.8. The molecule has 0 aliphatic carbocycles. The Morgan fingerprint density at radius 3 is 2.38 bits per heavy atom. The van der Waals surface area contributed by atoms with Crippen LogP contribution in [0.1, 0.15) is 41.6 Å². The monoisotopic (exact) mass is 592 g/mol. The third kappa shape index (κ3) is 5.50. The number of allylic oxidation sites excluding steroid dienone is 1. The lowest BCUT2D eigenvalue weighted by Gasteiger charge is -2.25. The van der Waals surface area contributed by atoms with Crippen LogP contribution < -0.4 is 19.6 Å². The summed E-state index contributed by atoms with van der Waals surface area (Å²) >= 11 is 14.4. The second-order valence-corrected chi connectivity index (χ2v) is 11.1. The first kappa shape index (κ1) is 27.9. The van der Waals surface area contributed by atoms with Crippen molar-refractivity contribution in [2.75, 3.05) is 7.11 Å². The van der Waals surface area contributed by atoms with Crippen molar-refractivity contribution >= 4 is 46.6 Å². The molecule has 204 valence electrons. The average molecular weight is 594 g/mol. The van der Waals surface area contributed by atoms with Crippen LogP contribution in [0.3, 0.4) is 0 Å². The van der Waals surface area contributed by atoms with E-state index in [4.69, 9.17) is 32.7 Å². The number of esters is 1. The van der Waals surface area contributed by atoms with Gasteiger partial charge in [0.25, 0.3) is 5.56 Å². The first-order valence-electron chi connectivity index (χ1n) is 12.7. The summed E-state index contributed by atoms with van der Waals surface area (Å²) in [6.45, 7) is 4.26. The first-order chi connectivity index (χ1) is 19.3. The zero-order valence-electron chi connectivity index (χ0n) is 22.1. The molecular weight excluding hydrogens is 567 g/mol. The Kier molecular flexibility index (Phi) is 8.26. The first-order valence-corrected chi connectivity index (χ1v) is 14.2. The lowest BCUT2D eigenvalue weighted by molar-refractivity contribution is -0.136. The quantitative estimate of drug-likeness (QED) is 0.247. The van der Waals surface area contributed by atoms with Crippen LogP contribution in [0.2, 0.25) is 10.0 Å². The molecule has 4 aromatic rings. The zero-order valence-corrected chi connectivity index (χ0v) is 24.4. The number of fused-ring (bicyclic) bond motifs is 1. The van der Waals surface area contributed by atoms with Gasteiger partial charge in [0.2, 0.25) is 0 Å². The number of carbonyl (C=O) groups excluding carboxylic acids is 1. The molecule has 0 bridgehead atoms. The standard InChI is InChI=1S/C31H26Cl2N2O4S/c1-4-24-26(30(37)38-3)27(21-8-6-5-7-9-21)35-29(36)25(40-31(35)34-24)16-20-14-22(32)28(23(33)15-20)39-17-19-12-10-18(2)11-13-19/h5-16,27H,4,17H2,1-3H3/b25-16-/t27-/m1/s1. The van der Waals surface area contributed by atoms with E-state index in [1.807, 2.05) is 68.4 Å². The summed E-state index contributed by atoms with van der Waals surface area (Å²) in [5.41, 5.74) is 4.26. The maximum Gasteiger partial charge on any atom is 0.338 e. The Morgan fingerprint density at radius 1 is 1.07 bits per heavy atom. The van der Waals surface area contributed by atoms with Crippen molar-refractivity contribution in [1.29, 1.82) is 0 Å². The number of methoxy groups -OCH3 is 1. The van der Waals surface area contributed by atoms with Gasteiger partial charge < -0.3 is 9.47 Å². The van der Waals surface area contributed by atoms with Crippen molar-refractivity contribution in [3.8, 4) is 5.75 Å². The van der Waals surface area contributed by atoms with Crippen LogP contribution in [0.15, 0.2) is 87.8 Å². The minimum atomic E-state index is -0.660. The molecule has 0 unspecified atom stereocenters. The molecule has 3 aromatic carbocycles. The molecule has 0 saturated heterocycles. The van der Waals surface area contributed by atoms with Crippen molar-refractivity contribution in [1.82, 2.24) is 4.57 Å². The molecule has 0 spiro atoms. The van der Waals surface area contributed by atoms with Gasteiger partial charge in [-0.2, -0.15) is 0 Å². The molecule has 1 aliphatic heterocycles. The third-order valence-corrected chi connectivity index (χ3v) is 8.13. The summed E-state index contributed by atoms with van der Waals surface area (Å²) in [7, 11) is 1.33. The predicted octanol–water partition coefficient (Wildman–Crippen LogP) is 5.99. The number of benzene rings is 3. The maximum atomic E-state index is 13.8. The number of nitrogens with zero attached hydrogens (tertiary/aromatic N) is 2. The summed E-state index contributed by atoms with van der Waals surface area (Å²) in [4.78, 5) is 31.9. The van der Waals surface area contributed by atoms with E-state index in [9.17, 15) is 9.59 Å². The molecule has 6 nitrogen and oxygen atoms in total. The summed E-state index contributed by atoms with van der Waals surface area (Å²) in [6.07, 6.45) is 2.23. The summed E-state index contributed by atoms with van der Waals surface area (Å²) in [6, 6.07) is 20.2. The molecule has 9 heteroatoms. The molecular formula is C31H26Cl2N2O4S. The fourth-order valence-electron chi connectivity index (χ4n) is 4.61. The smallest absolute Gasteiger partial charge is 0.338 e. The van der Waals surface area contributed by atoms with Crippen molar-refractivity contribution in [3.63, 3.8) is 0 Å². The van der Waals surface area contributed by atoms with Crippen LogP contribution in [-0.4, -0.2) is 17.6 Å². The van der Waals surface area contributed by atoms with Crippen LogP contribution in [0.5, 0.6) is 5.75 Å². The van der Waals surface area contributed by atoms with E-state index >= 15 is 0 Å². The van der Waals surface area contributed by atoms with E-state index in [0.717, 1.165) is 16.7 Å². The molecule has 0 N–H and O–H groups in total. The topological polar surface area (TPSA) is 69.9 Å². The van der Waals surface area contributed by atoms with E-state index in [2.05, 4.69) is 4.99 Å². The summed E-state index contributed by atoms with van der Waals surface area (Å²) in [5, 5.41) is 0.670. The number of aryl methyl sites for hydroxylation is 1. The average Bonchev–Trinajstić information content (AvgIpc) is 3.26. The molecule has 0 fully saturated rings. The zero-order chi connectivity index (χ0) is 28.4. The van der Waals surface area contributed by atoms with Gasteiger partial charge in [0, 0.05) is 0 Å². The van der Waals surface area contributed by atoms with Gasteiger partial charge in [-0.25, -0.2) is 9.79 Å². The number of rotatable bonds is 7. The number of ether oxygens (including phenoxy) is 2. The lowest BCUT2D eigenvalue weighted by atomic mass is 9.95. The van der Waals surface area contributed by atoms with E-state index in [0.29, 0.717) is 55.0 Å². The normalized spacial score (nSPS) is 15.0. The second-order valence-electron chi connectivity index (χ2n) is 9.29. The van der Waals surface area contributed by atoms with Gasteiger partial charge in [-0.1, -0.05) is 102 Å². The molecule has 1 aromatic heterocycles. The highest BCUT2D eigenvalue weighted by Crippen LogP contribution is 2.35. The van der Waals surface area contributed by atoms with Crippen LogP contribution in [-0.2, 0) is 16.1 Å². The highest BCUT2D eigenvalue weighted by atomic mass is 35.5. The van der Waals surface area contributed by atoms with Crippen molar-refractivity contribution in [3.05, 3.63) is 130 Å². The molecule has 1 atom stereocenters. The molecule has 40 heavy (non-hydrogen) atoms. The lowest BCUT2D eigenvalue weighted by Crippen LogP contribution is -2.40. The Balaban J connectivity index is 1.56. The van der Waals surface area contributed by atoms with Crippen LogP contribution >= 0.6 is 34.5 Å². The van der Waals surface area contributed by atoms with Gasteiger partial charge in [-0.3, -0.25) is 9.36 Å². The van der Waals surface area contributed by atoms with E-state index in [1.165, 1.54) is 18.4 Å². The van der Waals surface area contributed by atoms with Gasteiger partial charge in [0.15, 0.2) is 10.6 Å². The number of thiazole rings is 1. The Bertz CT molecular complexity index is 1770. The van der Waals surface area contributed by atoms with Gasteiger partial charge in [-0.15, -0.1) is 0 Å². The van der Waals surface area contributed by atoms with Crippen LogP contribution in [0.25, 0.3) is 6.08 Å². The molecule has 0 amide bonds. The Labute approximate surface area is 245 Å². The predicted molar refractivity (Wildman–Crippen MR) is 159 cm³/mol. The molecule has 0 radical (unpaired) electrons. The number of hydrogen-bond acceptors (Lipinski definition) is 6. The van der Waals surface area contributed by atoms with E-state index in [1.54, 1.807) is 22.8 Å². The number of halogens is 2. The van der Waals surface area contributed by atoms with Gasteiger partial charge in [0.1, 0.15) is 6.61 Å². The fourth-order valence-corrected chi connectivity index (χ4v) is 6.24. The van der Waals surface area contributed by atoms with Crippen molar-refractivity contribution in [2.24, 2.45) is 4.99 Å². The SMILES string of the molecule is CCC1=C(C(=O)OC)[C@@H](c2ccccc2)n2c(s/c(=C\c3cc(Cl)c(OCc4ccc(C)cc4)c(Cl)c3)c2=O)=N1. The minimum Gasteiger partial charge on any atom is -0.486 e. The largest absolute Gasteiger partial charge is 0.486 e. The minimum absolute atomic E-state index is 0.277. The number of hydrogen-bond donors (Lipinski definition) is 0. The number of aromatic nitrogens is 1. The third-order valence-electron chi connectivity index (χ3n) is 6.59. The summed E-state index contributed by atoms with van der Waals surface area (Å²) in [5.74, 6) is -0.134. The maximum absolute atomic E-state index is 13.8. The highest BCUT2D eigenvalue weighted by molar-refractivity contribution is 7.07. The highest BCUT2D eigenvalue weighted by Gasteiger charge is 2.33. The van der Waals surface area contributed by atoms with Crippen molar-refractivity contribution < 1.29 is 14.3 Å². The molecule has 0 saturated carbocycles. The van der Waals surface area contributed by atoms with Gasteiger partial charge in [0.05, 0.1) is 39.0 Å². The van der Waals surface area contributed by atoms with E-state index in [-0.39, 0.29) is 5.56 Å². The van der Waals surface area contributed by atoms with E-state index < -0.39 is 12.0 Å².